The van der Waals surface area contributed by atoms with E-state index in [9.17, 15) is 9.59 Å². The average molecular weight is 378 g/mol. The van der Waals surface area contributed by atoms with Gasteiger partial charge in [0.25, 0.3) is 0 Å². The molecule has 6 heteroatoms. The zero-order valence-electron chi connectivity index (χ0n) is 16.4. The van der Waals surface area contributed by atoms with Crippen LogP contribution in [0.25, 0.3) is 0 Å². The summed E-state index contributed by atoms with van der Waals surface area (Å²) in [5.41, 5.74) is 2.08. The molecule has 2 amide bonds. The molecule has 1 aromatic heterocycles. The summed E-state index contributed by atoms with van der Waals surface area (Å²) in [6.45, 7) is 6.71. The van der Waals surface area contributed by atoms with E-state index in [1.807, 2.05) is 55.1 Å². The first kappa shape index (κ1) is 18.5. The van der Waals surface area contributed by atoms with E-state index in [1.54, 1.807) is 6.20 Å². The van der Waals surface area contributed by atoms with Crippen LogP contribution in [0, 0.1) is 19.3 Å². The van der Waals surface area contributed by atoms with Crippen molar-refractivity contribution in [2.45, 2.75) is 26.7 Å². The third kappa shape index (κ3) is 3.35. The molecule has 0 radical (unpaired) electrons. The zero-order chi connectivity index (χ0) is 19.7. The number of carbonyl (C=O) groups is 2. The second-order valence-electron chi connectivity index (χ2n) is 7.75. The Labute approximate surface area is 165 Å². The summed E-state index contributed by atoms with van der Waals surface area (Å²) in [4.78, 5) is 34.5. The van der Waals surface area contributed by atoms with Gasteiger partial charge in [-0.05, 0) is 56.0 Å². The van der Waals surface area contributed by atoms with Crippen molar-refractivity contribution in [1.82, 2.24) is 9.88 Å². The Morgan fingerprint density at radius 3 is 2.39 bits per heavy atom. The van der Waals surface area contributed by atoms with Crippen molar-refractivity contribution in [3.05, 3.63) is 53.7 Å². The van der Waals surface area contributed by atoms with Crippen molar-refractivity contribution in [2.75, 3.05) is 36.4 Å². The summed E-state index contributed by atoms with van der Waals surface area (Å²) in [7, 11) is 0. The zero-order valence-corrected chi connectivity index (χ0v) is 16.4. The molecule has 28 heavy (non-hydrogen) atoms. The van der Waals surface area contributed by atoms with Crippen LogP contribution in [0.4, 0.5) is 11.5 Å². The van der Waals surface area contributed by atoms with Crippen LogP contribution in [0.1, 0.15) is 24.0 Å². The lowest BCUT2D eigenvalue weighted by atomic mass is 10.0. The number of anilines is 2. The minimum absolute atomic E-state index is 0.0315. The number of benzene rings is 1. The van der Waals surface area contributed by atoms with Gasteiger partial charge in [-0.15, -0.1) is 0 Å². The standard InChI is InChI=1S/C22H26N4O2/c1-16-6-5-7-18(17(16)2)24-20(27)22(9-10-22)21(28)26-14-12-25(13-15-26)19-8-3-4-11-23-19/h3-8,11H,9-10,12-15H2,1-2H3,(H,24,27). The van der Waals surface area contributed by atoms with E-state index in [1.165, 1.54) is 0 Å². The van der Waals surface area contributed by atoms with Gasteiger partial charge >= 0.3 is 0 Å². The number of pyridine rings is 1. The van der Waals surface area contributed by atoms with Crippen LogP contribution in [-0.4, -0.2) is 47.9 Å². The van der Waals surface area contributed by atoms with Crippen molar-refractivity contribution < 1.29 is 9.59 Å². The number of rotatable bonds is 4. The quantitative estimate of drug-likeness (QED) is 0.831. The Bertz CT molecular complexity index is 885. The number of hydrogen-bond acceptors (Lipinski definition) is 4. The first-order chi connectivity index (χ1) is 13.5. The van der Waals surface area contributed by atoms with E-state index in [-0.39, 0.29) is 11.8 Å². The molecular formula is C22H26N4O2. The number of piperazine rings is 1. The summed E-state index contributed by atoms with van der Waals surface area (Å²) in [5, 5.41) is 3.00. The Hall–Kier alpha value is -2.89. The average Bonchev–Trinajstić information content (AvgIpc) is 3.54. The van der Waals surface area contributed by atoms with Gasteiger partial charge in [-0.2, -0.15) is 0 Å². The lowest BCUT2D eigenvalue weighted by Gasteiger charge is -2.37. The monoisotopic (exact) mass is 378 g/mol. The number of nitrogens with zero attached hydrogens (tertiary/aromatic N) is 3. The number of nitrogens with one attached hydrogen (secondary N) is 1. The number of aryl methyl sites for hydroxylation is 1. The summed E-state index contributed by atoms with van der Waals surface area (Å²) in [6, 6.07) is 11.7. The highest BCUT2D eigenvalue weighted by Gasteiger charge is 2.58. The second-order valence-corrected chi connectivity index (χ2v) is 7.75. The van der Waals surface area contributed by atoms with Gasteiger partial charge in [0.1, 0.15) is 11.2 Å². The summed E-state index contributed by atoms with van der Waals surface area (Å²) in [6.07, 6.45) is 3.04. The molecule has 1 aromatic carbocycles. The van der Waals surface area contributed by atoms with Gasteiger partial charge in [0.2, 0.25) is 11.8 Å². The van der Waals surface area contributed by atoms with Crippen LogP contribution in [0.15, 0.2) is 42.6 Å². The highest BCUT2D eigenvalue weighted by atomic mass is 16.2. The molecule has 1 N–H and O–H groups in total. The molecule has 6 nitrogen and oxygen atoms in total. The first-order valence-corrected chi connectivity index (χ1v) is 9.84. The summed E-state index contributed by atoms with van der Waals surface area (Å²) in [5.74, 6) is 0.734. The second kappa shape index (κ2) is 7.26. The Kier molecular flexibility index (Phi) is 4.79. The maximum absolute atomic E-state index is 13.1. The van der Waals surface area contributed by atoms with Crippen molar-refractivity contribution in [2.24, 2.45) is 5.41 Å². The molecule has 0 atom stereocenters. The highest BCUT2D eigenvalue weighted by molar-refractivity contribution is 6.13. The van der Waals surface area contributed by atoms with Crippen molar-refractivity contribution >= 4 is 23.3 Å². The topological polar surface area (TPSA) is 65.5 Å². The van der Waals surface area contributed by atoms with Crippen LogP contribution in [-0.2, 0) is 9.59 Å². The number of hydrogen-bond donors (Lipinski definition) is 1. The van der Waals surface area contributed by atoms with Crippen LogP contribution in [0.3, 0.4) is 0 Å². The molecule has 0 spiro atoms. The van der Waals surface area contributed by atoms with Crippen molar-refractivity contribution in [1.29, 1.82) is 0 Å². The lowest BCUT2D eigenvalue weighted by Crippen LogP contribution is -2.52. The molecule has 146 valence electrons. The van der Waals surface area contributed by atoms with Gasteiger partial charge in [0, 0.05) is 38.1 Å². The highest BCUT2D eigenvalue weighted by Crippen LogP contribution is 2.48. The summed E-state index contributed by atoms with van der Waals surface area (Å²) >= 11 is 0. The van der Waals surface area contributed by atoms with E-state index in [2.05, 4.69) is 15.2 Å². The van der Waals surface area contributed by atoms with Crippen LogP contribution in [0.5, 0.6) is 0 Å². The SMILES string of the molecule is Cc1cccc(NC(=O)C2(C(=O)N3CCN(c4ccccn4)CC3)CC2)c1C. The fraction of sp³-hybridized carbons (Fsp3) is 0.409. The predicted molar refractivity (Wildman–Crippen MR) is 109 cm³/mol. The molecule has 1 saturated heterocycles. The maximum Gasteiger partial charge on any atom is 0.240 e. The lowest BCUT2D eigenvalue weighted by molar-refractivity contribution is -0.142. The smallest absolute Gasteiger partial charge is 0.240 e. The molecular weight excluding hydrogens is 352 g/mol. The number of amides is 2. The van der Waals surface area contributed by atoms with E-state index in [0.29, 0.717) is 25.9 Å². The van der Waals surface area contributed by atoms with E-state index < -0.39 is 5.41 Å². The Balaban J connectivity index is 1.40. The molecule has 1 aliphatic heterocycles. The fourth-order valence-electron chi connectivity index (χ4n) is 3.77. The van der Waals surface area contributed by atoms with Crippen LogP contribution < -0.4 is 10.2 Å². The molecule has 1 aliphatic carbocycles. The minimum atomic E-state index is -0.886. The van der Waals surface area contributed by atoms with Crippen LogP contribution >= 0.6 is 0 Å². The van der Waals surface area contributed by atoms with E-state index >= 15 is 0 Å². The maximum atomic E-state index is 13.1. The molecule has 0 unspecified atom stereocenters. The predicted octanol–water partition coefficient (Wildman–Crippen LogP) is 2.77. The Morgan fingerprint density at radius 1 is 1.00 bits per heavy atom. The Morgan fingerprint density at radius 2 is 1.75 bits per heavy atom. The van der Waals surface area contributed by atoms with Gasteiger partial charge in [-0.25, -0.2) is 4.98 Å². The van der Waals surface area contributed by atoms with Gasteiger partial charge in [0.05, 0.1) is 0 Å². The fourth-order valence-corrected chi connectivity index (χ4v) is 3.77. The van der Waals surface area contributed by atoms with E-state index in [4.69, 9.17) is 0 Å². The van der Waals surface area contributed by atoms with Crippen molar-refractivity contribution in [3.8, 4) is 0 Å². The summed E-state index contributed by atoms with van der Waals surface area (Å²) < 4.78 is 0. The van der Waals surface area contributed by atoms with Crippen LogP contribution in [0.2, 0.25) is 0 Å². The van der Waals surface area contributed by atoms with Crippen molar-refractivity contribution in [3.63, 3.8) is 0 Å². The third-order valence-electron chi connectivity index (χ3n) is 5.99. The molecule has 2 aliphatic rings. The minimum Gasteiger partial charge on any atom is -0.353 e. The van der Waals surface area contributed by atoms with Gasteiger partial charge < -0.3 is 15.1 Å². The largest absolute Gasteiger partial charge is 0.353 e. The van der Waals surface area contributed by atoms with Gasteiger partial charge in [-0.1, -0.05) is 18.2 Å². The molecule has 0 bridgehead atoms. The van der Waals surface area contributed by atoms with Gasteiger partial charge in [-0.3, -0.25) is 9.59 Å². The number of carbonyl (C=O) groups excluding carboxylic acids is 2. The molecule has 2 fully saturated rings. The van der Waals surface area contributed by atoms with Gasteiger partial charge in [0.15, 0.2) is 0 Å². The normalized spacial score (nSPS) is 17.9. The molecule has 2 heterocycles. The first-order valence-electron chi connectivity index (χ1n) is 9.84. The molecule has 4 rings (SSSR count). The van der Waals surface area contributed by atoms with E-state index in [0.717, 1.165) is 35.7 Å². The third-order valence-corrected chi connectivity index (χ3v) is 5.99. The number of aromatic nitrogens is 1. The molecule has 2 aromatic rings. The molecule has 1 saturated carbocycles.